The summed E-state index contributed by atoms with van der Waals surface area (Å²) in [6.07, 6.45) is -17.6. The number of carbonyl (C=O) groups is 4. The number of hydrogen-bond acceptors (Lipinski definition) is 10. The van der Waals surface area contributed by atoms with Gasteiger partial charge in [0.15, 0.2) is 5.43 Å². The summed E-state index contributed by atoms with van der Waals surface area (Å²) in [5.41, 5.74) is -8.39. The van der Waals surface area contributed by atoms with Crippen LogP contribution >= 0.6 is 0 Å². The smallest absolute Gasteiger partial charge is 0.417 e. The highest BCUT2D eigenvalue weighted by Gasteiger charge is 2.43. The average Bonchev–Trinajstić information content (AvgIpc) is 1.70. The number of fused-ring (bicyclic) bond motifs is 4. The van der Waals surface area contributed by atoms with Gasteiger partial charge in [0.2, 0.25) is 0 Å². The standard InChI is InChI=1S/C67H54F14N8O8/c1-5-50(65(73,74)75)83-34-25-42(69)54(43(70)26-34)60(91)87-47(64(96)97)23-31-12-17-40(53-56(67(79,80)81)38-8-6-10-48(38)89(4)62(53)93)58-37(31)18-14-33(85-58)15-20-51(66(76,77)78)84-35-27-44(71)55(45(72)28-35)61(92)86-46(63(94)95)22-30-11-16-39(57-36(30)9-7-21-82-57)52-29(2)88(3)49-19-13-32(68)24-41(49)59(52)90/h7,9,11-14,16-19,21,24-28,46-47,50-51,83-84H,5-6,8,10,15,20,22-23H2,1-4H3,(H,86,92)(H,87,91)(H,94,95)(H,96,97)/t46-,47-,50+,51+/m0/s1. The summed E-state index contributed by atoms with van der Waals surface area (Å²) in [5.74, 6) is -14.5. The predicted octanol–water partition coefficient (Wildman–Crippen LogP) is 12.8. The van der Waals surface area contributed by atoms with Gasteiger partial charge >= 0.3 is 30.5 Å². The van der Waals surface area contributed by atoms with E-state index in [0.29, 0.717) is 40.9 Å². The molecule has 1 aliphatic rings. The molecule has 10 rings (SSSR count). The SMILES string of the molecule is CC[C@@H](Nc1cc(F)c(C(=O)N[C@@H](Cc2ccc(-c3c(C(F)(F)F)c4c(n(C)c3=O)CCC4)c3nc(CC[C@@H](Nc4cc(F)c(C(=O)N[C@@H](Cc5ccc(-c6c(C)n(C)c7ccc(F)cc7c6=O)c6ncccc56)C(=O)O)c(F)c4)C(F)(F)F)ccc23)C(=O)O)c(F)c1)C(F)(F)F. The van der Waals surface area contributed by atoms with Gasteiger partial charge in [-0.15, -0.1) is 0 Å². The fourth-order valence-corrected chi connectivity index (χ4v) is 12.3. The zero-order valence-electron chi connectivity index (χ0n) is 51.1. The molecule has 0 spiro atoms. The molecule has 0 saturated carbocycles. The van der Waals surface area contributed by atoms with Crippen molar-refractivity contribution in [3.05, 3.63) is 197 Å². The fourth-order valence-electron chi connectivity index (χ4n) is 12.3. The van der Waals surface area contributed by atoms with Crippen LogP contribution in [0, 0.1) is 36.0 Å². The summed E-state index contributed by atoms with van der Waals surface area (Å²) in [7, 11) is 2.89. The highest BCUT2D eigenvalue weighted by Crippen LogP contribution is 2.44. The zero-order chi connectivity index (χ0) is 70.7. The van der Waals surface area contributed by atoms with E-state index in [1.807, 2.05) is 21.3 Å². The minimum absolute atomic E-state index is 0.0613. The number of alkyl halides is 9. The van der Waals surface area contributed by atoms with E-state index in [2.05, 4.69) is 9.97 Å². The molecule has 9 aromatic rings. The number of nitrogens with zero attached hydrogens (tertiary/aromatic N) is 4. The van der Waals surface area contributed by atoms with E-state index in [9.17, 15) is 56.5 Å². The highest BCUT2D eigenvalue weighted by atomic mass is 19.4. The van der Waals surface area contributed by atoms with Gasteiger partial charge in [-0.25, -0.2) is 31.5 Å². The highest BCUT2D eigenvalue weighted by molar-refractivity contribution is 6.01. The summed E-state index contributed by atoms with van der Waals surface area (Å²) < 4.78 is 211. The maximum absolute atomic E-state index is 16.0. The van der Waals surface area contributed by atoms with E-state index < -0.39 is 183 Å². The average molecular weight is 1370 g/mol. The van der Waals surface area contributed by atoms with Gasteiger partial charge in [0.1, 0.15) is 64.4 Å². The van der Waals surface area contributed by atoms with Gasteiger partial charge < -0.3 is 40.6 Å². The number of carbonyl (C=O) groups excluding carboxylic acids is 2. The number of benzene rings is 5. The quantitative estimate of drug-likeness (QED) is 0.0392. The molecule has 6 N–H and O–H groups in total. The predicted molar refractivity (Wildman–Crippen MR) is 328 cm³/mol. The number of aromatic nitrogens is 4. The topological polar surface area (TPSA) is 227 Å². The third-order valence-corrected chi connectivity index (χ3v) is 17.2. The monoisotopic (exact) mass is 1360 g/mol. The number of hydrogen-bond donors (Lipinski definition) is 6. The van der Waals surface area contributed by atoms with Crippen molar-refractivity contribution < 1.29 is 90.9 Å². The van der Waals surface area contributed by atoms with Crippen molar-refractivity contribution >= 4 is 67.8 Å². The maximum atomic E-state index is 16.0. The number of aryl methyl sites for hydroxylation is 2. The van der Waals surface area contributed by atoms with Crippen molar-refractivity contribution in [3.63, 3.8) is 0 Å². The van der Waals surface area contributed by atoms with E-state index in [4.69, 9.17) is 0 Å². The molecular formula is C67H54F14N8O8. The van der Waals surface area contributed by atoms with Crippen LogP contribution in [0.15, 0.2) is 107 Å². The van der Waals surface area contributed by atoms with E-state index in [1.165, 1.54) is 49.6 Å². The molecule has 0 bridgehead atoms. The number of nitrogens with one attached hydrogen (secondary N) is 4. The molecule has 30 heteroatoms. The van der Waals surface area contributed by atoms with Crippen LogP contribution in [0.1, 0.15) is 86.2 Å². The largest absolute Gasteiger partial charge is 0.480 e. The Kier molecular flexibility index (Phi) is 19.1. The van der Waals surface area contributed by atoms with Crippen LogP contribution in [0.25, 0.3) is 55.0 Å². The zero-order valence-corrected chi connectivity index (χ0v) is 51.1. The lowest BCUT2D eigenvalue weighted by Crippen LogP contribution is -2.43. The third-order valence-electron chi connectivity index (χ3n) is 17.2. The molecular weight excluding hydrogens is 1310 g/mol. The molecule has 1 aliphatic carbocycles. The number of anilines is 2. The number of halogens is 14. The van der Waals surface area contributed by atoms with Crippen molar-refractivity contribution in [3.8, 4) is 22.3 Å². The van der Waals surface area contributed by atoms with Gasteiger partial charge in [0.25, 0.3) is 17.4 Å². The maximum Gasteiger partial charge on any atom is 0.417 e. The number of amides is 2. The van der Waals surface area contributed by atoms with Crippen LogP contribution in [0.2, 0.25) is 0 Å². The molecule has 0 fully saturated rings. The first-order valence-corrected chi connectivity index (χ1v) is 29.7. The molecule has 97 heavy (non-hydrogen) atoms. The lowest BCUT2D eigenvalue weighted by atomic mass is 9.90. The molecule has 4 heterocycles. The summed E-state index contributed by atoms with van der Waals surface area (Å²) in [6, 6.07) is 6.19. The molecule has 5 aromatic carbocycles. The van der Waals surface area contributed by atoms with Gasteiger partial charge in [-0.3, -0.25) is 29.1 Å². The van der Waals surface area contributed by atoms with E-state index in [0.717, 1.165) is 41.8 Å². The second kappa shape index (κ2) is 26.6. The molecule has 0 aliphatic heterocycles. The lowest BCUT2D eigenvalue weighted by Gasteiger charge is -2.24. The Morgan fingerprint density at radius 1 is 0.619 bits per heavy atom. The normalized spacial score (nSPS) is 13.9. The summed E-state index contributed by atoms with van der Waals surface area (Å²) >= 11 is 0. The lowest BCUT2D eigenvalue weighted by molar-refractivity contribution is -0.144. The van der Waals surface area contributed by atoms with Gasteiger partial charge in [-0.2, -0.15) is 39.5 Å². The minimum atomic E-state index is -5.27. The molecule has 4 atom stereocenters. The van der Waals surface area contributed by atoms with Crippen molar-refractivity contribution in [2.75, 3.05) is 10.6 Å². The van der Waals surface area contributed by atoms with Crippen LogP contribution < -0.4 is 32.3 Å². The van der Waals surface area contributed by atoms with Crippen molar-refractivity contribution in [1.82, 2.24) is 29.7 Å². The first kappa shape index (κ1) is 69.4. The molecule has 508 valence electrons. The van der Waals surface area contributed by atoms with Crippen LogP contribution in [0.5, 0.6) is 0 Å². The molecule has 2 amide bonds. The van der Waals surface area contributed by atoms with Crippen LogP contribution in [0.3, 0.4) is 0 Å². The first-order chi connectivity index (χ1) is 45.6. The number of rotatable bonds is 20. The summed E-state index contributed by atoms with van der Waals surface area (Å²) in [4.78, 5) is 89.4. The van der Waals surface area contributed by atoms with Gasteiger partial charge in [0, 0.05) is 88.9 Å². The number of aliphatic carboxylic acids is 2. The van der Waals surface area contributed by atoms with E-state index in [-0.39, 0.29) is 74.8 Å². The Morgan fingerprint density at radius 3 is 1.66 bits per heavy atom. The second-order valence-electron chi connectivity index (χ2n) is 23.2. The fraction of sp³-hybridized carbons (Fsp3) is 0.284. The number of pyridine rings is 4. The Bertz CT molecular complexity index is 4790. The van der Waals surface area contributed by atoms with E-state index in [1.54, 1.807) is 18.5 Å². The summed E-state index contributed by atoms with van der Waals surface area (Å²) in [6.45, 7) is 2.79. The minimum Gasteiger partial charge on any atom is -0.480 e. The molecule has 0 unspecified atom stereocenters. The van der Waals surface area contributed by atoms with Crippen LogP contribution in [-0.4, -0.2) is 89.6 Å². The number of carboxylic acid groups (broad SMARTS) is 2. The van der Waals surface area contributed by atoms with Gasteiger partial charge in [0.05, 0.1) is 33.2 Å². The molecule has 4 aromatic heterocycles. The van der Waals surface area contributed by atoms with Crippen LogP contribution in [-0.2, 0) is 62.0 Å². The Hall–Kier alpha value is -10.4. The number of carboxylic acids is 2. The Morgan fingerprint density at radius 2 is 1.14 bits per heavy atom. The third kappa shape index (κ3) is 13.9. The molecule has 0 saturated heterocycles. The Balaban J connectivity index is 0.922. The summed E-state index contributed by atoms with van der Waals surface area (Å²) in [5, 5.41) is 28.5. The molecule has 16 nitrogen and oxygen atoms in total. The van der Waals surface area contributed by atoms with Gasteiger partial charge in [-0.1, -0.05) is 43.3 Å². The molecule has 0 radical (unpaired) electrons. The van der Waals surface area contributed by atoms with Crippen LogP contribution in [0.4, 0.5) is 72.8 Å². The Labute approximate surface area is 539 Å². The second-order valence-corrected chi connectivity index (χ2v) is 23.2. The van der Waals surface area contributed by atoms with Crippen molar-refractivity contribution in [2.24, 2.45) is 14.1 Å². The first-order valence-electron chi connectivity index (χ1n) is 29.7. The van der Waals surface area contributed by atoms with Crippen molar-refractivity contribution in [1.29, 1.82) is 0 Å². The van der Waals surface area contributed by atoms with E-state index >= 15 is 43.9 Å². The van der Waals surface area contributed by atoms with Gasteiger partial charge in [-0.05, 0) is 117 Å². The van der Waals surface area contributed by atoms with Crippen molar-refractivity contribution in [2.45, 2.75) is 108 Å².